The molecule has 5 heteroatoms. The Balaban J connectivity index is 2.14. The molecule has 2 heterocycles. The molecule has 4 nitrogen and oxygen atoms in total. The average Bonchev–Trinajstić information content (AvgIpc) is 2.40. The Bertz CT molecular complexity index is 424. The molecule has 2 rings (SSSR count). The highest BCUT2D eigenvalue weighted by Gasteiger charge is 2.27. The van der Waals surface area contributed by atoms with E-state index in [2.05, 4.69) is 42.9 Å². The standard InChI is InChI=1S/C14H24N4S/c1-5-15-8-13-9-16-14(17-10(13)2)18-6-7-19-12(4)11(18)3/h9,11-12,15H,5-8H2,1-4H3. The number of anilines is 1. The van der Waals surface area contributed by atoms with Gasteiger partial charge in [0.15, 0.2) is 0 Å². The summed E-state index contributed by atoms with van der Waals surface area (Å²) in [5.41, 5.74) is 2.28. The van der Waals surface area contributed by atoms with Crippen LogP contribution in [0, 0.1) is 6.92 Å². The molecule has 0 spiro atoms. The number of nitrogens with one attached hydrogen (secondary N) is 1. The van der Waals surface area contributed by atoms with Crippen molar-refractivity contribution in [3.05, 3.63) is 17.5 Å². The van der Waals surface area contributed by atoms with Crippen LogP contribution in [0.2, 0.25) is 0 Å². The van der Waals surface area contributed by atoms with E-state index in [0.717, 1.165) is 37.0 Å². The van der Waals surface area contributed by atoms with Crippen molar-refractivity contribution < 1.29 is 0 Å². The van der Waals surface area contributed by atoms with Crippen molar-refractivity contribution in [3.8, 4) is 0 Å². The molecule has 2 atom stereocenters. The molecular weight excluding hydrogens is 256 g/mol. The largest absolute Gasteiger partial charge is 0.336 e. The summed E-state index contributed by atoms with van der Waals surface area (Å²) in [6, 6.07) is 0.498. The van der Waals surface area contributed by atoms with Crippen molar-refractivity contribution in [2.24, 2.45) is 0 Å². The molecule has 2 unspecified atom stereocenters. The van der Waals surface area contributed by atoms with Crippen molar-refractivity contribution in [3.63, 3.8) is 0 Å². The SMILES string of the molecule is CCNCc1cnc(N2CCSC(C)C2C)nc1C. The summed E-state index contributed by atoms with van der Waals surface area (Å²) in [6.45, 7) is 11.6. The summed E-state index contributed by atoms with van der Waals surface area (Å²) in [5, 5.41) is 3.96. The third kappa shape index (κ3) is 3.39. The molecule has 19 heavy (non-hydrogen) atoms. The Morgan fingerprint density at radius 2 is 2.26 bits per heavy atom. The van der Waals surface area contributed by atoms with Crippen LogP contribution in [0.25, 0.3) is 0 Å². The van der Waals surface area contributed by atoms with Gasteiger partial charge in [0.1, 0.15) is 0 Å². The van der Waals surface area contributed by atoms with E-state index in [4.69, 9.17) is 4.98 Å². The maximum atomic E-state index is 4.70. The molecule has 0 radical (unpaired) electrons. The van der Waals surface area contributed by atoms with E-state index >= 15 is 0 Å². The summed E-state index contributed by atoms with van der Waals surface area (Å²) in [7, 11) is 0. The topological polar surface area (TPSA) is 41.1 Å². The number of aromatic nitrogens is 2. The Labute approximate surface area is 120 Å². The van der Waals surface area contributed by atoms with E-state index in [1.165, 1.54) is 5.56 Å². The Morgan fingerprint density at radius 1 is 1.47 bits per heavy atom. The monoisotopic (exact) mass is 280 g/mol. The van der Waals surface area contributed by atoms with Crippen LogP contribution in [0.1, 0.15) is 32.0 Å². The molecule has 1 saturated heterocycles. The van der Waals surface area contributed by atoms with Gasteiger partial charge < -0.3 is 10.2 Å². The first-order valence-electron chi connectivity index (χ1n) is 7.05. The van der Waals surface area contributed by atoms with Gasteiger partial charge >= 0.3 is 0 Å². The molecule has 1 fully saturated rings. The highest BCUT2D eigenvalue weighted by atomic mass is 32.2. The Hall–Kier alpha value is -0.810. The third-order valence-electron chi connectivity index (χ3n) is 3.77. The van der Waals surface area contributed by atoms with E-state index in [1.54, 1.807) is 0 Å². The minimum Gasteiger partial charge on any atom is -0.336 e. The number of rotatable bonds is 4. The number of aryl methyl sites for hydroxylation is 1. The van der Waals surface area contributed by atoms with Crippen molar-refractivity contribution in [1.82, 2.24) is 15.3 Å². The molecule has 106 valence electrons. The van der Waals surface area contributed by atoms with E-state index in [-0.39, 0.29) is 0 Å². The normalized spacial score (nSPS) is 23.7. The van der Waals surface area contributed by atoms with Crippen molar-refractivity contribution in [1.29, 1.82) is 0 Å². The molecule has 0 saturated carbocycles. The zero-order valence-electron chi connectivity index (χ0n) is 12.3. The van der Waals surface area contributed by atoms with Gasteiger partial charge in [-0.25, -0.2) is 9.97 Å². The molecule has 0 amide bonds. The zero-order valence-corrected chi connectivity index (χ0v) is 13.1. The summed E-state index contributed by atoms with van der Waals surface area (Å²) < 4.78 is 0. The first kappa shape index (κ1) is 14.6. The fourth-order valence-corrected chi connectivity index (χ4v) is 3.37. The third-order valence-corrected chi connectivity index (χ3v) is 5.11. The predicted molar refractivity (Wildman–Crippen MR) is 82.9 cm³/mol. The number of hydrogen-bond donors (Lipinski definition) is 1. The summed E-state index contributed by atoms with van der Waals surface area (Å²) in [6.07, 6.45) is 1.97. The molecule has 0 bridgehead atoms. The van der Waals surface area contributed by atoms with Crippen molar-refractivity contribution in [2.75, 3.05) is 23.7 Å². The van der Waals surface area contributed by atoms with Gasteiger partial charge in [-0.3, -0.25) is 0 Å². The first-order valence-corrected chi connectivity index (χ1v) is 8.09. The zero-order chi connectivity index (χ0) is 13.8. The minimum absolute atomic E-state index is 0.498. The maximum absolute atomic E-state index is 4.70. The van der Waals surface area contributed by atoms with E-state index in [0.29, 0.717) is 11.3 Å². The number of thioether (sulfide) groups is 1. The van der Waals surface area contributed by atoms with Gasteiger partial charge in [0.2, 0.25) is 5.95 Å². The van der Waals surface area contributed by atoms with Gasteiger partial charge in [-0.05, 0) is 20.4 Å². The van der Waals surface area contributed by atoms with Crippen LogP contribution in [0.4, 0.5) is 5.95 Å². The quantitative estimate of drug-likeness (QED) is 0.916. The first-order chi connectivity index (χ1) is 9.13. The van der Waals surface area contributed by atoms with Crippen molar-refractivity contribution in [2.45, 2.75) is 45.5 Å². The summed E-state index contributed by atoms with van der Waals surface area (Å²) >= 11 is 2.04. The second-order valence-electron chi connectivity index (χ2n) is 5.07. The predicted octanol–water partition coefficient (Wildman–Crippen LogP) is 2.22. The van der Waals surface area contributed by atoms with Crippen LogP contribution in [0.3, 0.4) is 0 Å². The molecule has 0 aliphatic carbocycles. The summed E-state index contributed by atoms with van der Waals surface area (Å²) in [5.74, 6) is 2.05. The van der Waals surface area contributed by atoms with Crippen LogP contribution in [0.15, 0.2) is 6.20 Å². The molecule has 1 aromatic rings. The van der Waals surface area contributed by atoms with Crippen LogP contribution in [0.5, 0.6) is 0 Å². The molecule has 0 aromatic carbocycles. The second-order valence-corrected chi connectivity index (χ2v) is 6.56. The van der Waals surface area contributed by atoms with Crippen LogP contribution < -0.4 is 10.2 Å². The van der Waals surface area contributed by atoms with Gasteiger partial charge in [-0.15, -0.1) is 0 Å². The van der Waals surface area contributed by atoms with Crippen LogP contribution >= 0.6 is 11.8 Å². The van der Waals surface area contributed by atoms with Crippen LogP contribution in [-0.2, 0) is 6.54 Å². The lowest BCUT2D eigenvalue weighted by Gasteiger charge is -2.37. The maximum Gasteiger partial charge on any atom is 0.225 e. The Kier molecular flexibility index (Phi) is 5.05. The van der Waals surface area contributed by atoms with Gasteiger partial charge in [-0.2, -0.15) is 11.8 Å². The minimum atomic E-state index is 0.498. The van der Waals surface area contributed by atoms with Gasteiger partial charge in [0.25, 0.3) is 0 Å². The van der Waals surface area contributed by atoms with Crippen LogP contribution in [-0.4, -0.2) is 40.1 Å². The lowest BCUT2D eigenvalue weighted by atomic mass is 10.2. The highest BCUT2D eigenvalue weighted by molar-refractivity contribution is 8.00. The van der Waals surface area contributed by atoms with Gasteiger partial charge in [0.05, 0.1) is 0 Å². The van der Waals surface area contributed by atoms with E-state index in [1.807, 2.05) is 18.0 Å². The van der Waals surface area contributed by atoms with Crippen molar-refractivity contribution >= 4 is 17.7 Å². The lowest BCUT2D eigenvalue weighted by molar-refractivity contribution is 0.609. The summed E-state index contributed by atoms with van der Waals surface area (Å²) in [4.78, 5) is 11.6. The fraction of sp³-hybridized carbons (Fsp3) is 0.714. The van der Waals surface area contributed by atoms with Gasteiger partial charge in [0, 0.05) is 47.6 Å². The van der Waals surface area contributed by atoms with Gasteiger partial charge in [-0.1, -0.05) is 13.8 Å². The number of hydrogen-bond acceptors (Lipinski definition) is 5. The Morgan fingerprint density at radius 3 is 2.95 bits per heavy atom. The number of nitrogens with zero attached hydrogens (tertiary/aromatic N) is 3. The van der Waals surface area contributed by atoms with E-state index < -0.39 is 0 Å². The highest BCUT2D eigenvalue weighted by Crippen LogP contribution is 2.27. The molecule has 1 aromatic heterocycles. The lowest BCUT2D eigenvalue weighted by Crippen LogP contribution is -2.45. The smallest absolute Gasteiger partial charge is 0.225 e. The fourth-order valence-electron chi connectivity index (χ4n) is 2.27. The average molecular weight is 280 g/mol. The molecule has 1 aliphatic rings. The molecule has 1 N–H and O–H groups in total. The second kappa shape index (κ2) is 6.57. The molecule has 1 aliphatic heterocycles. The molecular formula is C14H24N4S. The van der Waals surface area contributed by atoms with E-state index in [9.17, 15) is 0 Å².